The van der Waals surface area contributed by atoms with Crippen molar-refractivity contribution in [2.45, 2.75) is 43.0 Å². The van der Waals surface area contributed by atoms with Gasteiger partial charge in [-0.05, 0) is 61.4 Å². The predicted octanol–water partition coefficient (Wildman–Crippen LogP) is 3.95. The number of halogens is 2. The summed E-state index contributed by atoms with van der Waals surface area (Å²) in [4.78, 5) is 14.2. The first-order valence-corrected chi connectivity index (χ1v) is 11.0. The Bertz CT molecular complexity index is 941. The molecule has 0 aliphatic heterocycles. The summed E-state index contributed by atoms with van der Waals surface area (Å²) in [6, 6.07) is 9.75. The summed E-state index contributed by atoms with van der Waals surface area (Å²) >= 11 is 0. The molecule has 0 atom stereocenters. The van der Waals surface area contributed by atoms with E-state index in [1.165, 1.54) is 52.7 Å². The normalized spacial score (nSPS) is 15.4. The molecule has 0 spiro atoms. The molecule has 0 heterocycles. The van der Waals surface area contributed by atoms with Gasteiger partial charge in [0.1, 0.15) is 11.6 Å². The summed E-state index contributed by atoms with van der Waals surface area (Å²) < 4.78 is 54.2. The molecule has 156 valence electrons. The van der Waals surface area contributed by atoms with Gasteiger partial charge in [0.2, 0.25) is 15.9 Å². The van der Waals surface area contributed by atoms with Crippen LogP contribution in [0, 0.1) is 11.6 Å². The minimum Gasteiger partial charge on any atom is -0.314 e. The number of amides is 1. The van der Waals surface area contributed by atoms with E-state index in [4.69, 9.17) is 0 Å². The molecule has 1 aliphatic carbocycles. The Balaban J connectivity index is 1.88. The van der Waals surface area contributed by atoms with Crippen LogP contribution < -0.4 is 4.90 Å². The molecular formula is C21H24F2N2O3S. The highest BCUT2D eigenvalue weighted by Gasteiger charge is 2.34. The molecule has 0 saturated heterocycles. The average Bonchev–Trinajstić information content (AvgIpc) is 2.72. The van der Waals surface area contributed by atoms with E-state index in [1.54, 1.807) is 0 Å². The first-order valence-electron chi connectivity index (χ1n) is 9.58. The van der Waals surface area contributed by atoms with E-state index < -0.39 is 27.6 Å². The number of carbonyl (C=O) groups is 1. The van der Waals surface area contributed by atoms with Gasteiger partial charge in [-0.15, -0.1) is 0 Å². The van der Waals surface area contributed by atoms with Crippen molar-refractivity contribution >= 4 is 21.6 Å². The minimum atomic E-state index is -3.98. The van der Waals surface area contributed by atoms with Crippen LogP contribution in [0.4, 0.5) is 14.5 Å². The second-order valence-corrected chi connectivity index (χ2v) is 9.12. The molecule has 1 aliphatic rings. The van der Waals surface area contributed by atoms with Crippen molar-refractivity contribution in [3.8, 4) is 0 Å². The Morgan fingerprint density at radius 3 is 2.00 bits per heavy atom. The third kappa shape index (κ3) is 5.00. The summed E-state index contributed by atoms with van der Waals surface area (Å²) in [7, 11) is -2.45. The minimum absolute atomic E-state index is 0.0401. The molecular weight excluding hydrogens is 398 g/mol. The monoisotopic (exact) mass is 422 g/mol. The molecule has 29 heavy (non-hydrogen) atoms. The van der Waals surface area contributed by atoms with Crippen molar-refractivity contribution in [3.63, 3.8) is 0 Å². The van der Waals surface area contributed by atoms with Gasteiger partial charge in [-0.25, -0.2) is 17.2 Å². The van der Waals surface area contributed by atoms with Crippen LogP contribution in [0.1, 0.15) is 32.1 Å². The van der Waals surface area contributed by atoms with Crippen molar-refractivity contribution in [2.75, 3.05) is 18.5 Å². The fourth-order valence-electron chi connectivity index (χ4n) is 3.57. The first-order chi connectivity index (χ1) is 13.8. The van der Waals surface area contributed by atoms with E-state index in [9.17, 15) is 22.0 Å². The summed E-state index contributed by atoms with van der Waals surface area (Å²) in [6.07, 6.45) is 4.16. The summed E-state index contributed by atoms with van der Waals surface area (Å²) in [5.74, 6) is -1.37. The van der Waals surface area contributed by atoms with Crippen molar-refractivity contribution in [1.82, 2.24) is 4.31 Å². The summed E-state index contributed by atoms with van der Waals surface area (Å²) in [5.41, 5.74) is 0.471. The standard InChI is InChI=1S/C21H24F2N2O3S/c1-24(18-11-7-16(22)8-12-18)21(26)15-25(19-5-3-2-4-6-19)29(27,28)20-13-9-17(23)10-14-20/h7-14,19H,2-6,15H2,1H3. The Kier molecular flexibility index (Phi) is 6.64. The molecule has 2 aromatic rings. The number of hydrogen-bond acceptors (Lipinski definition) is 3. The molecule has 5 nitrogen and oxygen atoms in total. The van der Waals surface area contributed by atoms with Crippen LogP contribution in [0.3, 0.4) is 0 Å². The summed E-state index contributed by atoms with van der Waals surface area (Å²) in [6.45, 7) is -0.335. The molecule has 3 rings (SSSR count). The second-order valence-electron chi connectivity index (χ2n) is 7.23. The molecule has 0 bridgehead atoms. The number of sulfonamides is 1. The van der Waals surface area contributed by atoms with Crippen LogP contribution in [0.5, 0.6) is 0 Å². The third-order valence-corrected chi connectivity index (χ3v) is 7.19. The Labute approximate surface area is 170 Å². The number of anilines is 1. The highest BCUT2D eigenvalue weighted by atomic mass is 32.2. The molecule has 0 radical (unpaired) electrons. The molecule has 0 unspecified atom stereocenters. The lowest BCUT2D eigenvalue weighted by Crippen LogP contribution is -2.47. The highest BCUT2D eigenvalue weighted by Crippen LogP contribution is 2.28. The molecule has 0 aromatic heterocycles. The van der Waals surface area contributed by atoms with Crippen molar-refractivity contribution in [2.24, 2.45) is 0 Å². The fourth-order valence-corrected chi connectivity index (χ4v) is 5.20. The van der Waals surface area contributed by atoms with E-state index >= 15 is 0 Å². The zero-order valence-electron chi connectivity index (χ0n) is 16.2. The van der Waals surface area contributed by atoms with Gasteiger partial charge >= 0.3 is 0 Å². The van der Waals surface area contributed by atoms with Gasteiger partial charge in [-0.2, -0.15) is 4.31 Å². The predicted molar refractivity (Wildman–Crippen MR) is 107 cm³/mol. The fraction of sp³-hybridized carbons (Fsp3) is 0.381. The van der Waals surface area contributed by atoms with Crippen molar-refractivity contribution in [1.29, 1.82) is 0 Å². The van der Waals surface area contributed by atoms with Crippen LogP contribution in [0.2, 0.25) is 0 Å². The van der Waals surface area contributed by atoms with Gasteiger partial charge in [0.25, 0.3) is 0 Å². The topological polar surface area (TPSA) is 57.7 Å². The third-order valence-electron chi connectivity index (χ3n) is 5.28. The molecule has 1 fully saturated rings. The van der Waals surface area contributed by atoms with Gasteiger partial charge in [0, 0.05) is 18.8 Å². The van der Waals surface area contributed by atoms with Crippen LogP contribution in [0.15, 0.2) is 53.4 Å². The Morgan fingerprint density at radius 2 is 1.45 bits per heavy atom. The molecule has 8 heteroatoms. The van der Waals surface area contributed by atoms with E-state index in [1.807, 2.05) is 0 Å². The number of nitrogens with zero attached hydrogens (tertiary/aromatic N) is 2. The van der Waals surface area contributed by atoms with Gasteiger partial charge in [-0.3, -0.25) is 4.79 Å². The lowest BCUT2D eigenvalue weighted by molar-refractivity contribution is -0.119. The first kappa shape index (κ1) is 21.4. The number of hydrogen-bond donors (Lipinski definition) is 0. The molecule has 2 aromatic carbocycles. The van der Waals surface area contributed by atoms with Crippen LogP contribution in [-0.4, -0.2) is 38.3 Å². The largest absolute Gasteiger partial charge is 0.314 e. The van der Waals surface area contributed by atoms with E-state index in [0.29, 0.717) is 18.5 Å². The van der Waals surface area contributed by atoms with Gasteiger partial charge in [0.05, 0.1) is 11.4 Å². The van der Waals surface area contributed by atoms with Crippen LogP contribution in [-0.2, 0) is 14.8 Å². The van der Waals surface area contributed by atoms with E-state index in [0.717, 1.165) is 31.4 Å². The van der Waals surface area contributed by atoms with Crippen LogP contribution in [0.25, 0.3) is 0 Å². The number of carbonyl (C=O) groups excluding carboxylic acids is 1. The number of benzene rings is 2. The number of rotatable bonds is 6. The van der Waals surface area contributed by atoms with Crippen molar-refractivity contribution in [3.05, 3.63) is 60.2 Å². The Morgan fingerprint density at radius 1 is 0.931 bits per heavy atom. The number of likely N-dealkylation sites (N-methyl/N-ethyl adjacent to an activating group) is 1. The van der Waals surface area contributed by atoms with Gasteiger partial charge in [-0.1, -0.05) is 19.3 Å². The zero-order chi connectivity index (χ0) is 21.0. The average molecular weight is 422 g/mol. The maximum Gasteiger partial charge on any atom is 0.243 e. The van der Waals surface area contributed by atoms with Crippen molar-refractivity contribution < 1.29 is 22.0 Å². The maximum absolute atomic E-state index is 13.3. The quantitative estimate of drug-likeness (QED) is 0.708. The van der Waals surface area contributed by atoms with E-state index in [2.05, 4.69) is 0 Å². The highest BCUT2D eigenvalue weighted by molar-refractivity contribution is 7.89. The van der Waals surface area contributed by atoms with Gasteiger partial charge in [0.15, 0.2) is 0 Å². The van der Waals surface area contributed by atoms with E-state index in [-0.39, 0.29) is 17.5 Å². The maximum atomic E-state index is 13.3. The Hall–Kier alpha value is -2.32. The molecule has 1 saturated carbocycles. The summed E-state index contributed by atoms with van der Waals surface area (Å²) in [5, 5.41) is 0. The lowest BCUT2D eigenvalue weighted by atomic mass is 9.95. The molecule has 1 amide bonds. The SMILES string of the molecule is CN(C(=O)CN(C1CCCCC1)S(=O)(=O)c1ccc(F)cc1)c1ccc(F)cc1. The van der Waals surface area contributed by atoms with Gasteiger partial charge < -0.3 is 4.90 Å². The smallest absolute Gasteiger partial charge is 0.243 e. The second kappa shape index (κ2) is 9.00. The molecule has 0 N–H and O–H groups in total. The van der Waals surface area contributed by atoms with Crippen LogP contribution >= 0.6 is 0 Å². The lowest BCUT2D eigenvalue weighted by Gasteiger charge is -2.34. The zero-order valence-corrected chi connectivity index (χ0v) is 17.0.